The number of allylic oxidation sites excluding steroid dienone is 12. The Morgan fingerprint density at radius 1 is 0.470 bits per heavy atom. The van der Waals surface area contributed by atoms with Crippen molar-refractivity contribution in [2.24, 2.45) is 0 Å². The first-order chi connectivity index (χ1) is 32.5. The zero-order valence-electron chi connectivity index (χ0n) is 43.6. The van der Waals surface area contributed by atoms with Gasteiger partial charge in [0.2, 0.25) is 5.91 Å². The van der Waals surface area contributed by atoms with Crippen molar-refractivity contribution < 1.29 is 24.5 Å². The predicted molar refractivity (Wildman–Crippen MR) is 287 cm³/mol. The number of esters is 1. The van der Waals surface area contributed by atoms with Crippen molar-refractivity contribution in [1.29, 1.82) is 0 Å². The Morgan fingerprint density at radius 2 is 0.879 bits per heavy atom. The second kappa shape index (κ2) is 53.3. The van der Waals surface area contributed by atoms with Crippen LogP contribution in [0.25, 0.3) is 0 Å². The molecule has 6 heteroatoms. The first-order valence-corrected chi connectivity index (χ1v) is 28.2. The average molecular weight is 923 g/mol. The predicted octanol–water partition coefficient (Wildman–Crippen LogP) is 17.3. The van der Waals surface area contributed by atoms with E-state index in [-0.39, 0.29) is 24.9 Å². The van der Waals surface area contributed by atoms with Crippen molar-refractivity contribution in [1.82, 2.24) is 5.32 Å². The Kier molecular flexibility index (Phi) is 51.1. The van der Waals surface area contributed by atoms with E-state index in [1.54, 1.807) is 0 Å². The second-order valence-electron chi connectivity index (χ2n) is 19.0. The summed E-state index contributed by atoms with van der Waals surface area (Å²) < 4.78 is 5.92. The maximum atomic E-state index is 13.2. The molecule has 66 heavy (non-hydrogen) atoms. The third kappa shape index (κ3) is 47.8. The molecular weight excluding hydrogens is 815 g/mol. The van der Waals surface area contributed by atoms with Gasteiger partial charge < -0.3 is 20.3 Å². The van der Waals surface area contributed by atoms with Gasteiger partial charge in [0.25, 0.3) is 0 Å². The molecule has 0 spiro atoms. The third-order valence-corrected chi connectivity index (χ3v) is 12.5. The molecule has 0 aliphatic rings. The van der Waals surface area contributed by atoms with Crippen molar-refractivity contribution in [3.05, 3.63) is 72.9 Å². The van der Waals surface area contributed by atoms with Gasteiger partial charge in [-0.1, -0.05) is 248 Å². The highest BCUT2D eigenvalue weighted by molar-refractivity contribution is 5.77. The van der Waals surface area contributed by atoms with Gasteiger partial charge in [0.05, 0.1) is 25.2 Å². The molecular formula is C60H107NO5. The van der Waals surface area contributed by atoms with Crippen LogP contribution in [-0.4, -0.2) is 46.9 Å². The van der Waals surface area contributed by atoms with E-state index in [4.69, 9.17) is 4.74 Å². The molecule has 1 amide bonds. The summed E-state index contributed by atoms with van der Waals surface area (Å²) in [6, 6.07) is -0.725. The molecule has 3 unspecified atom stereocenters. The molecule has 0 aromatic rings. The molecule has 0 aromatic heterocycles. The van der Waals surface area contributed by atoms with Gasteiger partial charge in [-0.25, -0.2) is 0 Å². The number of unbranched alkanes of at least 4 members (excludes halogenated alkanes) is 27. The number of ether oxygens (including phenoxy) is 1. The van der Waals surface area contributed by atoms with Gasteiger partial charge in [-0.05, 0) is 83.5 Å². The highest BCUT2D eigenvalue weighted by Gasteiger charge is 2.24. The molecule has 0 saturated heterocycles. The van der Waals surface area contributed by atoms with Gasteiger partial charge in [-0.15, -0.1) is 0 Å². The molecule has 0 radical (unpaired) electrons. The van der Waals surface area contributed by atoms with Crippen LogP contribution in [0.15, 0.2) is 72.9 Å². The van der Waals surface area contributed by atoms with Crippen molar-refractivity contribution >= 4 is 11.9 Å². The Balaban J connectivity index is 4.64. The van der Waals surface area contributed by atoms with Crippen LogP contribution >= 0.6 is 0 Å². The van der Waals surface area contributed by atoms with Crippen LogP contribution in [0.4, 0.5) is 0 Å². The van der Waals surface area contributed by atoms with E-state index < -0.39 is 18.2 Å². The summed E-state index contributed by atoms with van der Waals surface area (Å²) in [6.45, 7) is 6.36. The molecule has 0 rings (SSSR count). The SMILES string of the molecule is CC/C=C/C/C=C/C/C=C/C/C=C/CCCC(CC(=O)NC(CO)C(O)CCCCCCCCCCCCCCCCC)OC(=O)CCCCCCC/C=C/C=C/CCCCCCCCC. The molecule has 0 aliphatic carbocycles. The summed E-state index contributed by atoms with van der Waals surface area (Å²) in [4.78, 5) is 26.2. The number of nitrogens with one attached hydrogen (secondary N) is 1. The molecule has 0 bridgehead atoms. The van der Waals surface area contributed by atoms with E-state index in [9.17, 15) is 19.8 Å². The van der Waals surface area contributed by atoms with E-state index in [0.29, 0.717) is 19.3 Å². The Bertz CT molecular complexity index is 1220. The number of aliphatic hydroxyl groups is 2. The monoisotopic (exact) mass is 922 g/mol. The highest BCUT2D eigenvalue weighted by atomic mass is 16.5. The molecule has 382 valence electrons. The summed E-state index contributed by atoms with van der Waals surface area (Å²) in [5, 5.41) is 23.8. The number of carbonyl (C=O) groups excluding carboxylic acids is 2. The quantitative estimate of drug-likeness (QED) is 0.0244. The largest absolute Gasteiger partial charge is 0.462 e. The number of amides is 1. The zero-order chi connectivity index (χ0) is 48.1. The lowest BCUT2D eigenvalue weighted by molar-refractivity contribution is -0.151. The number of aliphatic hydroxyl groups excluding tert-OH is 2. The van der Waals surface area contributed by atoms with Gasteiger partial charge in [0, 0.05) is 6.42 Å². The molecule has 0 aliphatic heterocycles. The first-order valence-electron chi connectivity index (χ1n) is 28.2. The molecule has 0 heterocycles. The molecule has 6 nitrogen and oxygen atoms in total. The Labute approximate surface area is 409 Å². The maximum absolute atomic E-state index is 13.2. The van der Waals surface area contributed by atoms with Crippen LogP contribution < -0.4 is 5.32 Å². The minimum Gasteiger partial charge on any atom is -0.462 e. The Morgan fingerprint density at radius 3 is 1.35 bits per heavy atom. The molecule has 3 atom stereocenters. The lowest BCUT2D eigenvalue weighted by atomic mass is 10.0. The van der Waals surface area contributed by atoms with Crippen molar-refractivity contribution in [2.75, 3.05) is 6.61 Å². The molecule has 3 N–H and O–H groups in total. The van der Waals surface area contributed by atoms with E-state index >= 15 is 0 Å². The fraction of sp³-hybridized carbons (Fsp3) is 0.767. The third-order valence-electron chi connectivity index (χ3n) is 12.5. The van der Waals surface area contributed by atoms with Crippen molar-refractivity contribution in [3.63, 3.8) is 0 Å². The minimum atomic E-state index is -0.808. The molecule has 0 fully saturated rings. The van der Waals surface area contributed by atoms with E-state index in [2.05, 4.69) is 99.0 Å². The number of carbonyl (C=O) groups is 2. The minimum absolute atomic E-state index is 0.0317. The highest BCUT2D eigenvalue weighted by Crippen LogP contribution is 2.17. The number of rotatable bonds is 50. The van der Waals surface area contributed by atoms with E-state index in [1.165, 1.54) is 128 Å². The van der Waals surface area contributed by atoms with E-state index in [1.807, 2.05) is 0 Å². The second-order valence-corrected chi connectivity index (χ2v) is 19.0. The summed E-state index contributed by atoms with van der Waals surface area (Å²) >= 11 is 0. The Hall–Kier alpha value is -2.70. The summed E-state index contributed by atoms with van der Waals surface area (Å²) in [6.07, 6.45) is 68.3. The van der Waals surface area contributed by atoms with Crippen molar-refractivity contribution in [3.8, 4) is 0 Å². The first kappa shape index (κ1) is 63.3. The zero-order valence-corrected chi connectivity index (χ0v) is 43.6. The van der Waals surface area contributed by atoms with Crippen LogP contribution in [0.2, 0.25) is 0 Å². The fourth-order valence-electron chi connectivity index (χ4n) is 8.30. The standard InChI is InChI=1S/C60H107NO5/c1-4-7-10-13-16-19-22-25-28-29-30-32-35-38-41-44-47-50-53-60(65)66-56(51-48-45-42-39-36-33-27-24-21-18-15-12-9-6-3)54-59(64)61-57(55-62)58(63)52-49-46-43-40-37-34-31-26-23-20-17-14-11-8-5-2/h9,12,18,21,27-30,32-33,39,42,56-58,62-63H,4-8,10-11,13-17,19-20,22-26,31,34-38,40-41,43-55H2,1-3H3,(H,61,64)/b12-9+,21-18+,29-28+,32-30+,33-27+,42-39+. The van der Waals surface area contributed by atoms with Crippen LogP contribution in [0.5, 0.6) is 0 Å². The summed E-state index contributed by atoms with van der Waals surface area (Å²) in [5.74, 6) is -0.543. The lowest BCUT2D eigenvalue weighted by Crippen LogP contribution is -2.46. The smallest absolute Gasteiger partial charge is 0.306 e. The number of hydrogen-bond donors (Lipinski definition) is 3. The van der Waals surface area contributed by atoms with Crippen LogP contribution in [-0.2, 0) is 14.3 Å². The van der Waals surface area contributed by atoms with Crippen molar-refractivity contribution in [2.45, 2.75) is 289 Å². The normalized spacial score (nSPS) is 13.7. The van der Waals surface area contributed by atoms with Gasteiger partial charge >= 0.3 is 5.97 Å². The maximum Gasteiger partial charge on any atom is 0.306 e. The van der Waals surface area contributed by atoms with E-state index in [0.717, 1.165) is 96.3 Å². The summed E-state index contributed by atoms with van der Waals surface area (Å²) in [5.41, 5.74) is 0. The van der Waals surface area contributed by atoms with Gasteiger partial charge in [-0.3, -0.25) is 9.59 Å². The summed E-state index contributed by atoms with van der Waals surface area (Å²) in [7, 11) is 0. The molecule has 0 aromatic carbocycles. The topological polar surface area (TPSA) is 95.9 Å². The average Bonchev–Trinajstić information content (AvgIpc) is 3.31. The van der Waals surface area contributed by atoms with Crippen LogP contribution in [0.1, 0.15) is 271 Å². The van der Waals surface area contributed by atoms with Crippen LogP contribution in [0.3, 0.4) is 0 Å². The van der Waals surface area contributed by atoms with Gasteiger partial charge in [0.15, 0.2) is 0 Å². The molecule has 0 saturated carbocycles. The fourth-order valence-corrected chi connectivity index (χ4v) is 8.30. The van der Waals surface area contributed by atoms with Crippen LogP contribution in [0, 0.1) is 0 Å². The lowest BCUT2D eigenvalue weighted by Gasteiger charge is -2.24. The number of hydrogen-bond acceptors (Lipinski definition) is 5. The van der Waals surface area contributed by atoms with Gasteiger partial charge in [-0.2, -0.15) is 0 Å². The van der Waals surface area contributed by atoms with Gasteiger partial charge in [0.1, 0.15) is 6.10 Å².